The lowest BCUT2D eigenvalue weighted by atomic mass is 9.70. The first-order valence-corrected chi connectivity index (χ1v) is 20.2. The van der Waals surface area contributed by atoms with Crippen LogP contribution in [-0.2, 0) is 5.41 Å². The van der Waals surface area contributed by atoms with Crippen molar-refractivity contribution in [3.63, 3.8) is 0 Å². The van der Waals surface area contributed by atoms with E-state index in [0.717, 1.165) is 59.9 Å². The van der Waals surface area contributed by atoms with E-state index in [4.69, 9.17) is 14.4 Å². The van der Waals surface area contributed by atoms with Crippen LogP contribution in [-0.4, -0.2) is 9.97 Å². The van der Waals surface area contributed by atoms with Crippen molar-refractivity contribution in [3.05, 3.63) is 204 Å². The van der Waals surface area contributed by atoms with E-state index in [-0.39, 0.29) is 0 Å². The van der Waals surface area contributed by atoms with Gasteiger partial charge in [-0.2, -0.15) is 0 Å². The monoisotopic (exact) mass is 742 g/mol. The molecule has 0 radical (unpaired) electrons. The minimum Gasteiger partial charge on any atom is -0.456 e. The van der Waals surface area contributed by atoms with E-state index in [1.807, 2.05) is 6.07 Å². The van der Waals surface area contributed by atoms with Gasteiger partial charge in [-0.25, -0.2) is 9.97 Å². The van der Waals surface area contributed by atoms with Crippen LogP contribution in [0.5, 0.6) is 0 Å². The predicted octanol–water partition coefficient (Wildman–Crippen LogP) is 14.1. The third-order valence-corrected chi connectivity index (χ3v) is 13.5. The molecule has 0 amide bonds. The lowest BCUT2D eigenvalue weighted by molar-refractivity contribution is 0.669. The molecule has 13 rings (SSSR count). The van der Waals surface area contributed by atoms with Crippen LogP contribution in [0.1, 0.15) is 22.3 Å². The third-order valence-electron chi connectivity index (χ3n) is 12.3. The Morgan fingerprint density at radius 3 is 1.82 bits per heavy atom. The highest BCUT2D eigenvalue weighted by Gasteiger charge is 2.51. The molecule has 3 heterocycles. The van der Waals surface area contributed by atoms with Crippen LogP contribution in [0.25, 0.3) is 98.3 Å². The summed E-state index contributed by atoms with van der Waals surface area (Å²) in [7, 11) is 0. The SMILES string of the molecule is c1ccc(-c2ccc3oc4cccc(-c5nc(-c6ccc7c(c6)-c6ccccc6C76c7ccccc7-c7ccccc76)c6sc7ccccc7c6n5)c4c3c2)cc1. The molecule has 1 spiro atoms. The minimum atomic E-state index is -0.391. The van der Waals surface area contributed by atoms with E-state index in [1.54, 1.807) is 11.3 Å². The van der Waals surface area contributed by atoms with Crippen LogP contribution in [0.4, 0.5) is 0 Å². The van der Waals surface area contributed by atoms with Gasteiger partial charge in [-0.3, -0.25) is 0 Å². The van der Waals surface area contributed by atoms with Gasteiger partial charge >= 0.3 is 0 Å². The Labute approximate surface area is 332 Å². The predicted molar refractivity (Wildman–Crippen MR) is 235 cm³/mol. The van der Waals surface area contributed by atoms with E-state index in [0.29, 0.717) is 5.82 Å². The Kier molecular flexibility index (Phi) is 6.25. The lowest BCUT2D eigenvalue weighted by Gasteiger charge is -2.30. The molecule has 0 fully saturated rings. The molecule has 0 atom stereocenters. The second-order valence-electron chi connectivity index (χ2n) is 15.2. The fourth-order valence-electron chi connectivity index (χ4n) is 9.98. The van der Waals surface area contributed by atoms with Gasteiger partial charge in [-0.05, 0) is 86.0 Å². The molecule has 0 unspecified atom stereocenters. The van der Waals surface area contributed by atoms with Crippen LogP contribution in [0.2, 0.25) is 0 Å². The molecule has 57 heavy (non-hydrogen) atoms. The highest BCUT2D eigenvalue weighted by molar-refractivity contribution is 7.26. The molecule has 2 aliphatic carbocycles. The van der Waals surface area contributed by atoms with Crippen molar-refractivity contribution in [2.24, 2.45) is 0 Å². The summed E-state index contributed by atoms with van der Waals surface area (Å²) in [5.41, 5.74) is 18.0. The number of rotatable bonds is 3. The average molecular weight is 743 g/mol. The van der Waals surface area contributed by atoms with Gasteiger partial charge in [0.1, 0.15) is 11.2 Å². The van der Waals surface area contributed by atoms with Crippen molar-refractivity contribution in [1.82, 2.24) is 9.97 Å². The topological polar surface area (TPSA) is 38.9 Å². The third kappa shape index (κ3) is 4.15. The molecule has 8 aromatic carbocycles. The standard InChI is InChI=1S/C53H30N2OS/c1-2-13-31(14-3-1)32-26-28-45-40(29-32)48-38(19-12-23-46(48)56-45)52-54-49(51-50(55-52)37-18-7-11-24-47(37)57-51)33-25-27-44-39(30-33)36-17-6-10-22-43(36)53(44)41-20-8-4-15-34(41)35-16-5-9-21-42(35)53/h1-30H. The molecule has 0 saturated carbocycles. The van der Waals surface area contributed by atoms with E-state index < -0.39 is 5.41 Å². The fraction of sp³-hybridized carbons (Fsp3) is 0.0189. The second-order valence-corrected chi connectivity index (χ2v) is 16.2. The van der Waals surface area contributed by atoms with Gasteiger partial charge in [0, 0.05) is 32.0 Å². The van der Waals surface area contributed by atoms with Crippen molar-refractivity contribution in [1.29, 1.82) is 0 Å². The molecule has 2 aliphatic rings. The Bertz CT molecular complexity index is 3440. The second kappa shape index (κ2) is 11.5. The number of furan rings is 1. The molecule has 11 aromatic rings. The first-order chi connectivity index (χ1) is 28.3. The van der Waals surface area contributed by atoms with Crippen molar-refractivity contribution < 1.29 is 4.42 Å². The normalized spacial score (nSPS) is 13.4. The van der Waals surface area contributed by atoms with Crippen LogP contribution in [0.3, 0.4) is 0 Å². The minimum absolute atomic E-state index is 0.391. The number of hydrogen-bond acceptors (Lipinski definition) is 4. The van der Waals surface area contributed by atoms with Gasteiger partial charge in [0.15, 0.2) is 5.82 Å². The Morgan fingerprint density at radius 1 is 0.421 bits per heavy atom. The van der Waals surface area contributed by atoms with E-state index >= 15 is 0 Å². The quantitative estimate of drug-likeness (QED) is 0.181. The highest BCUT2D eigenvalue weighted by Crippen LogP contribution is 2.63. The maximum absolute atomic E-state index is 6.49. The van der Waals surface area contributed by atoms with Crippen molar-refractivity contribution in [3.8, 4) is 56.0 Å². The smallest absolute Gasteiger partial charge is 0.161 e. The van der Waals surface area contributed by atoms with Gasteiger partial charge in [-0.1, -0.05) is 152 Å². The molecule has 0 saturated heterocycles. The Hall–Kier alpha value is -7.14. The Morgan fingerprint density at radius 2 is 1.05 bits per heavy atom. The Balaban J connectivity index is 1.07. The summed E-state index contributed by atoms with van der Waals surface area (Å²) in [5.74, 6) is 0.690. The highest BCUT2D eigenvalue weighted by atomic mass is 32.1. The largest absolute Gasteiger partial charge is 0.456 e. The van der Waals surface area contributed by atoms with Gasteiger partial charge in [-0.15, -0.1) is 11.3 Å². The zero-order valence-electron chi connectivity index (χ0n) is 30.5. The van der Waals surface area contributed by atoms with Crippen molar-refractivity contribution >= 4 is 53.6 Å². The lowest BCUT2D eigenvalue weighted by Crippen LogP contribution is -2.25. The zero-order valence-corrected chi connectivity index (χ0v) is 31.3. The average Bonchev–Trinajstić information content (AvgIpc) is 4.01. The summed E-state index contributed by atoms with van der Waals surface area (Å²) < 4.78 is 8.78. The summed E-state index contributed by atoms with van der Waals surface area (Å²) >= 11 is 1.77. The molecule has 264 valence electrons. The molecule has 0 bridgehead atoms. The van der Waals surface area contributed by atoms with E-state index in [1.165, 1.54) is 54.8 Å². The number of nitrogens with zero attached hydrogens (tertiary/aromatic N) is 2. The summed E-state index contributed by atoms with van der Waals surface area (Å²) in [5, 5.41) is 3.22. The van der Waals surface area contributed by atoms with Gasteiger partial charge in [0.05, 0.1) is 21.3 Å². The first-order valence-electron chi connectivity index (χ1n) is 19.4. The summed E-state index contributed by atoms with van der Waals surface area (Å²) in [6, 6.07) is 65.8. The molecule has 3 nitrogen and oxygen atoms in total. The van der Waals surface area contributed by atoms with Crippen molar-refractivity contribution in [2.75, 3.05) is 0 Å². The number of aromatic nitrogens is 2. The molecule has 0 aliphatic heterocycles. The molecule has 0 N–H and O–H groups in total. The fourth-order valence-corrected chi connectivity index (χ4v) is 11.1. The van der Waals surface area contributed by atoms with E-state index in [9.17, 15) is 0 Å². The van der Waals surface area contributed by atoms with Crippen LogP contribution in [0, 0.1) is 0 Å². The number of hydrogen-bond donors (Lipinski definition) is 0. The number of benzene rings is 8. The molecular weight excluding hydrogens is 713 g/mol. The summed E-state index contributed by atoms with van der Waals surface area (Å²) in [6.45, 7) is 0. The van der Waals surface area contributed by atoms with Crippen LogP contribution >= 0.6 is 11.3 Å². The summed E-state index contributed by atoms with van der Waals surface area (Å²) in [6.07, 6.45) is 0. The zero-order chi connectivity index (χ0) is 37.2. The van der Waals surface area contributed by atoms with Gasteiger partial charge < -0.3 is 4.42 Å². The molecule has 3 aromatic heterocycles. The maximum Gasteiger partial charge on any atom is 0.161 e. The van der Waals surface area contributed by atoms with Gasteiger partial charge in [0.25, 0.3) is 0 Å². The van der Waals surface area contributed by atoms with Crippen molar-refractivity contribution in [2.45, 2.75) is 5.41 Å². The van der Waals surface area contributed by atoms with Crippen LogP contribution < -0.4 is 0 Å². The first kappa shape index (κ1) is 31.1. The molecular formula is C53H30N2OS. The number of thiophene rings is 1. The van der Waals surface area contributed by atoms with Gasteiger partial charge in [0.2, 0.25) is 0 Å². The summed E-state index contributed by atoms with van der Waals surface area (Å²) in [4.78, 5) is 11.0. The van der Waals surface area contributed by atoms with Crippen LogP contribution in [0.15, 0.2) is 186 Å². The number of fused-ring (bicyclic) bond motifs is 16. The maximum atomic E-state index is 6.49. The van der Waals surface area contributed by atoms with E-state index in [2.05, 4.69) is 176 Å². The molecule has 4 heteroatoms.